The van der Waals surface area contributed by atoms with Crippen LogP contribution in [0.1, 0.15) is 48.7 Å². The van der Waals surface area contributed by atoms with Crippen molar-refractivity contribution >= 4 is 5.91 Å². The van der Waals surface area contributed by atoms with E-state index in [0.717, 1.165) is 11.3 Å². The summed E-state index contributed by atoms with van der Waals surface area (Å²) >= 11 is 0. The van der Waals surface area contributed by atoms with Crippen LogP contribution in [0.4, 0.5) is 0 Å². The van der Waals surface area contributed by atoms with E-state index in [4.69, 9.17) is 5.73 Å². The number of nitrogens with one attached hydrogen (secondary N) is 1. The first-order valence-electron chi connectivity index (χ1n) is 7.48. The second kappa shape index (κ2) is 6.70. The number of nitrogens with zero attached hydrogens (tertiary/aromatic N) is 3. The lowest BCUT2D eigenvalue weighted by atomic mass is 10.0. The van der Waals surface area contributed by atoms with E-state index in [1.54, 1.807) is 4.68 Å². The number of carbonyl (C=O) groups is 1. The molecule has 1 aromatic carbocycles. The van der Waals surface area contributed by atoms with Gasteiger partial charge >= 0.3 is 0 Å². The maximum absolute atomic E-state index is 12.1. The van der Waals surface area contributed by atoms with Gasteiger partial charge in [0, 0.05) is 12.6 Å². The summed E-state index contributed by atoms with van der Waals surface area (Å²) in [5, 5.41) is 7.14. The molecule has 2 rings (SSSR count). The molecule has 0 saturated heterocycles. The van der Waals surface area contributed by atoms with Crippen LogP contribution in [0.15, 0.2) is 24.3 Å². The van der Waals surface area contributed by atoms with Gasteiger partial charge in [-0.25, -0.2) is 9.67 Å². The highest BCUT2D eigenvalue weighted by molar-refractivity contribution is 5.90. The molecule has 6 heteroatoms. The van der Waals surface area contributed by atoms with Crippen molar-refractivity contribution in [2.45, 2.75) is 39.7 Å². The van der Waals surface area contributed by atoms with Crippen LogP contribution in [0.5, 0.6) is 0 Å². The fraction of sp³-hybridized carbons (Fsp3) is 0.438. The topological polar surface area (TPSA) is 85.8 Å². The summed E-state index contributed by atoms with van der Waals surface area (Å²) in [4.78, 5) is 16.4. The number of nitrogens with two attached hydrogens (primary N) is 1. The van der Waals surface area contributed by atoms with E-state index < -0.39 is 0 Å². The summed E-state index contributed by atoms with van der Waals surface area (Å²) < 4.78 is 1.72. The largest absolute Gasteiger partial charge is 0.346 e. The number of rotatable bonds is 5. The molecule has 22 heavy (non-hydrogen) atoms. The molecule has 0 bridgehead atoms. The van der Waals surface area contributed by atoms with Gasteiger partial charge in [-0.2, -0.15) is 0 Å². The quantitative estimate of drug-likeness (QED) is 0.881. The second-order valence-corrected chi connectivity index (χ2v) is 5.72. The Morgan fingerprint density at radius 3 is 2.64 bits per heavy atom. The Morgan fingerprint density at radius 2 is 2.00 bits per heavy atom. The Balaban J connectivity index is 2.37. The van der Waals surface area contributed by atoms with Gasteiger partial charge in [0.1, 0.15) is 5.82 Å². The summed E-state index contributed by atoms with van der Waals surface area (Å²) in [5.41, 5.74) is 7.63. The number of amides is 1. The van der Waals surface area contributed by atoms with Crippen molar-refractivity contribution < 1.29 is 4.79 Å². The maximum atomic E-state index is 12.1. The Hall–Kier alpha value is -2.21. The molecular weight excluding hydrogens is 278 g/mol. The van der Waals surface area contributed by atoms with Crippen LogP contribution in [0, 0.1) is 6.92 Å². The van der Waals surface area contributed by atoms with E-state index in [1.165, 1.54) is 0 Å². The zero-order valence-electron chi connectivity index (χ0n) is 13.5. The molecule has 0 aliphatic heterocycles. The zero-order chi connectivity index (χ0) is 16.3. The summed E-state index contributed by atoms with van der Waals surface area (Å²) in [7, 11) is 0. The molecule has 0 saturated carbocycles. The molecule has 0 fully saturated rings. The van der Waals surface area contributed by atoms with Gasteiger partial charge < -0.3 is 11.1 Å². The Kier molecular flexibility index (Phi) is 4.92. The van der Waals surface area contributed by atoms with E-state index in [2.05, 4.69) is 35.3 Å². The average molecular weight is 301 g/mol. The smallest absolute Gasteiger partial charge is 0.291 e. The van der Waals surface area contributed by atoms with Crippen molar-refractivity contribution in [1.82, 2.24) is 20.1 Å². The van der Waals surface area contributed by atoms with Crippen LogP contribution in [0.2, 0.25) is 0 Å². The third kappa shape index (κ3) is 3.33. The van der Waals surface area contributed by atoms with Gasteiger partial charge in [0.25, 0.3) is 5.91 Å². The monoisotopic (exact) mass is 301 g/mol. The molecule has 3 N–H and O–H groups in total. The van der Waals surface area contributed by atoms with Gasteiger partial charge in [-0.15, -0.1) is 5.10 Å². The average Bonchev–Trinajstić information content (AvgIpc) is 2.89. The van der Waals surface area contributed by atoms with E-state index in [-0.39, 0.29) is 17.8 Å². The summed E-state index contributed by atoms with van der Waals surface area (Å²) in [6.07, 6.45) is 0. The highest BCUT2D eigenvalue weighted by atomic mass is 16.2. The number of para-hydroxylation sites is 1. The lowest BCUT2D eigenvalue weighted by Crippen LogP contribution is -2.38. The van der Waals surface area contributed by atoms with Gasteiger partial charge in [0.15, 0.2) is 0 Å². The molecule has 1 atom stereocenters. The van der Waals surface area contributed by atoms with E-state index in [1.807, 2.05) is 32.0 Å². The van der Waals surface area contributed by atoms with Gasteiger partial charge in [-0.05, 0) is 31.4 Å². The maximum Gasteiger partial charge on any atom is 0.291 e. The van der Waals surface area contributed by atoms with Crippen LogP contribution in [0.25, 0.3) is 5.69 Å². The summed E-state index contributed by atoms with van der Waals surface area (Å²) in [6.45, 7) is 8.31. The van der Waals surface area contributed by atoms with Crippen molar-refractivity contribution in [2.24, 2.45) is 5.73 Å². The van der Waals surface area contributed by atoms with Crippen molar-refractivity contribution in [3.8, 4) is 5.69 Å². The molecule has 1 heterocycles. The van der Waals surface area contributed by atoms with Crippen molar-refractivity contribution in [3.05, 3.63) is 41.5 Å². The van der Waals surface area contributed by atoms with Gasteiger partial charge in [0.2, 0.25) is 5.82 Å². The Morgan fingerprint density at radius 1 is 1.32 bits per heavy atom. The van der Waals surface area contributed by atoms with E-state index >= 15 is 0 Å². The van der Waals surface area contributed by atoms with E-state index in [0.29, 0.717) is 18.3 Å². The number of aromatic nitrogens is 3. The second-order valence-electron chi connectivity index (χ2n) is 5.72. The molecule has 1 amide bonds. The predicted octanol–water partition coefficient (Wildman–Crippen LogP) is 1.78. The van der Waals surface area contributed by atoms with E-state index in [9.17, 15) is 4.79 Å². The number of carbonyl (C=O) groups excluding carboxylic acids is 1. The molecule has 6 nitrogen and oxygen atoms in total. The summed E-state index contributed by atoms with van der Waals surface area (Å²) in [6, 6.07) is 7.90. The standard InChI is InChI=1S/C16H23N5O/c1-10(2)13-7-5-6-8-14(13)21-12(4)19-15(20-21)16(22)18-11(3)9-17/h5-8,10-11H,9,17H2,1-4H3,(H,18,22)/t11-/m0/s1. The Labute approximate surface area is 130 Å². The molecule has 0 radical (unpaired) electrons. The van der Waals surface area contributed by atoms with Crippen molar-refractivity contribution in [1.29, 1.82) is 0 Å². The lowest BCUT2D eigenvalue weighted by molar-refractivity contribution is 0.0931. The van der Waals surface area contributed by atoms with Crippen LogP contribution in [-0.2, 0) is 0 Å². The number of benzene rings is 1. The molecule has 118 valence electrons. The van der Waals surface area contributed by atoms with Gasteiger partial charge in [-0.1, -0.05) is 32.0 Å². The zero-order valence-corrected chi connectivity index (χ0v) is 13.5. The van der Waals surface area contributed by atoms with Crippen LogP contribution < -0.4 is 11.1 Å². The minimum Gasteiger partial charge on any atom is -0.346 e. The minimum atomic E-state index is -0.304. The molecular formula is C16H23N5O. The predicted molar refractivity (Wildman–Crippen MR) is 86.2 cm³/mol. The molecule has 1 aromatic heterocycles. The van der Waals surface area contributed by atoms with Crippen LogP contribution >= 0.6 is 0 Å². The first kappa shape index (κ1) is 16.2. The fourth-order valence-corrected chi connectivity index (χ4v) is 2.23. The van der Waals surface area contributed by atoms with Crippen LogP contribution in [-0.4, -0.2) is 33.3 Å². The third-order valence-electron chi connectivity index (χ3n) is 3.49. The molecule has 0 aliphatic carbocycles. The number of hydrogen-bond donors (Lipinski definition) is 2. The molecule has 0 aliphatic rings. The highest BCUT2D eigenvalue weighted by Gasteiger charge is 2.18. The number of aryl methyl sites for hydroxylation is 1. The normalized spacial score (nSPS) is 12.5. The van der Waals surface area contributed by atoms with Crippen LogP contribution in [0.3, 0.4) is 0 Å². The summed E-state index contributed by atoms with van der Waals surface area (Å²) in [5.74, 6) is 0.895. The van der Waals surface area contributed by atoms with Gasteiger partial charge in [0.05, 0.1) is 5.69 Å². The minimum absolute atomic E-state index is 0.109. The SMILES string of the molecule is Cc1nc(C(=O)N[C@@H](C)CN)nn1-c1ccccc1C(C)C. The fourth-order valence-electron chi connectivity index (χ4n) is 2.23. The molecule has 0 spiro atoms. The Bertz CT molecular complexity index is 662. The molecule has 0 unspecified atom stereocenters. The van der Waals surface area contributed by atoms with Crippen molar-refractivity contribution in [3.63, 3.8) is 0 Å². The first-order valence-corrected chi connectivity index (χ1v) is 7.48. The highest BCUT2D eigenvalue weighted by Crippen LogP contribution is 2.23. The third-order valence-corrected chi connectivity index (χ3v) is 3.49. The number of hydrogen-bond acceptors (Lipinski definition) is 4. The lowest BCUT2D eigenvalue weighted by Gasteiger charge is -2.13. The molecule has 2 aromatic rings. The van der Waals surface area contributed by atoms with Crippen molar-refractivity contribution in [2.75, 3.05) is 6.54 Å². The van der Waals surface area contributed by atoms with Gasteiger partial charge in [-0.3, -0.25) is 4.79 Å². The first-order chi connectivity index (χ1) is 10.4.